The number of aromatic nitrogens is 3. The molecular formula is C28H25F3N5O2S-. The van der Waals surface area contributed by atoms with Gasteiger partial charge in [-0.25, -0.2) is 9.97 Å². The summed E-state index contributed by atoms with van der Waals surface area (Å²) in [6, 6.07) is 19.4. The number of piperazine rings is 1. The van der Waals surface area contributed by atoms with Crippen LogP contribution in [-0.2, 0) is 29.6 Å². The molecule has 1 unspecified atom stereocenters. The maximum absolute atomic E-state index is 14.1. The molecule has 11 heteroatoms. The molecule has 2 aromatic heterocycles. The molecular weight excluding hydrogens is 527 g/mol. The van der Waals surface area contributed by atoms with Crippen LogP contribution in [0.25, 0.3) is 22.4 Å². The lowest BCUT2D eigenvalue weighted by Gasteiger charge is -2.36. The second-order valence-electron chi connectivity index (χ2n) is 9.22. The number of hydrogen-bond donors (Lipinski definition) is 0. The lowest BCUT2D eigenvalue weighted by molar-refractivity contribution is -0.144. The summed E-state index contributed by atoms with van der Waals surface area (Å²) in [6.07, 6.45) is -1.27. The van der Waals surface area contributed by atoms with Crippen molar-refractivity contribution in [3.8, 4) is 22.4 Å². The average molecular weight is 553 g/mol. The van der Waals surface area contributed by atoms with Crippen LogP contribution in [0.4, 0.5) is 19.0 Å². The summed E-state index contributed by atoms with van der Waals surface area (Å²) >= 11 is -2.28. The van der Waals surface area contributed by atoms with Crippen molar-refractivity contribution in [2.24, 2.45) is 0 Å². The van der Waals surface area contributed by atoms with Crippen LogP contribution in [0.1, 0.15) is 17.0 Å². The van der Waals surface area contributed by atoms with Crippen molar-refractivity contribution in [3.63, 3.8) is 0 Å². The minimum Gasteiger partial charge on any atom is -0.772 e. The fraction of sp³-hybridized carbons (Fsp3) is 0.250. The minimum absolute atomic E-state index is 0.146. The highest BCUT2D eigenvalue weighted by atomic mass is 32.2. The summed E-state index contributed by atoms with van der Waals surface area (Å²) in [4.78, 5) is 16.3. The molecule has 5 rings (SSSR count). The Hall–Kier alpha value is -3.67. The molecule has 2 aromatic carbocycles. The van der Waals surface area contributed by atoms with E-state index in [2.05, 4.69) is 19.9 Å². The lowest BCUT2D eigenvalue weighted by Crippen LogP contribution is -2.46. The second kappa shape index (κ2) is 11.6. The molecule has 39 heavy (non-hydrogen) atoms. The van der Waals surface area contributed by atoms with Crippen molar-refractivity contribution in [3.05, 3.63) is 96.1 Å². The molecule has 1 fully saturated rings. The highest BCUT2D eigenvalue weighted by Crippen LogP contribution is 2.40. The van der Waals surface area contributed by atoms with Gasteiger partial charge in [-0.3, -0.25) is 14.1 Å². The second-order valence-corrected chi connectivity index (χ2v) is 10.1. The number of pyridine rings is 1. The van der Waals surface area contributed by atoms with Crippen molar-refractivity contribution < 1.29 is 21.9 Å². The first-order chi connectivity index (χ1) is 18.8. The Bertz CT molecular complexity index is 1430. The maximum Gasteiger partial charge on any atom is 0.451 e. The molecule has 0 bridgehead atoms. The Labute approximate surface area is 226 Å². The van der Waals surface area contributed by atoms with Gasteiger partial charge >= 0.3 is 6.18 Å². The van der Waals surface area contributed by atoms with Gasteiger partial charge in [0.05, 0.1) is 11.3 Å². The van der Waals surface area contributed by atoms with Crippen molar-refractivity contribution >= 4 is 16.9 Å². The van der Waals surface area contributed by atoms with Gasteiger partial charge in [-0.05, 0) is 28.8 Å². The van der Waals surface area contributed by atoms with E-state index in [4.69, 9.17) is 0 Å². The fourth-order valence-electron chi connectivity index (χ4n) is 4.64. The zero-order valence-corrected chi connectivity index (χ0v) is 21.7. The summed E-state index contributed by atoms with van der Waals surface area (Å²) in [5, 5.41) is 0. The molecule has 1 aliphatic rings. The number of benzene rings is 2. The van der Waals surface area contributed by atoms with Gasteiger partial charge in [0.1, 0.15) is 5.82 Å². The van der Waals surface area contributed by atoms with E-state index < -0.39 is 23.1 Å². The topological polar surface area (TPSA) is 85.3 Å². The number of alkyl halides is 3. The monoisotopic (exact) mass is 552 g/mol. The first-order valence-corrected chi connectivity index (χ1v) is 13.6. The molecule has 202 valence electrons. The smallest absolute Gasteiger partial charge is 0.451 e. The van der Waals surface area contributed by atoms with Crippen molar-refractivity contribution in [2.75, 3.05) is 31.1 Å². The first kappa shape index (κ1) is 26.9. The van der Waals surface area contributed by atoms with Crippen LogP contribution in [0.3, 0.4) is 0 Å². The summed E-state index contributed by atoms with van der Waals surface area (Å²) in [5.74, 6) is -1.17. The van der Waals surface area contributed by atoms with Gasteiger partial charge < -0.3 is 9.45 Å². The maximum atomic E-state index is 14.1. The normalized spacial score (nSPS) is 15.3. The van der Waals surface area contributed by atoms with E-state index in [1.165, 1.54) is 0 Å². The van der Waals surface area contributed by atoms with Crippen LogP contribution >= 0.6 is 0 Å². The molecule has 0 aliphatic carbocycles. The van der Waals surface area contributed by atoms with E-state index in [1.807, 2.05) is 47.4 Å². The van der Waals surface area contributed by atoms with Crippen LogP contribution in [0.15, 0.2) is 79.1 Å². The largest absolute Gasteiger partial charge is 0.772 e. The van der Waals surface area contributed by atoms with E-state index >= 15 is 0 Å². The van der Waals surface area contributed by atoms with Gasteiger partial charge in [0, 0.05) is 56.4 Å². The Balaban J connectivity index is 1.56. The Morgan fingerprint density at radius 3 is 2.10 bits per heavy atom. The van der Waals surface area contributed by atoms with E-state index in [1.54, 1.807) is 36.7 Å². The van der Waals surface area contributed by atoms with Gasteiger partial charge in [-0.15, -0.1) is 0 Å². The number of rotatable bonds is 7. The molecule has 0 N–H and O–H groups in total. The van der Waals surface area contributed by atoms with Gasteiger partial charge in [-0.1, -0.05) is 65.7 Å². The van der Waals surface area contributed by atoms with Crippen molar-refractivity contribution in [2.45, 2.75) is 18.5 Å². The van der Waals surface area contributed by atoms with E-state index in [9.17, 15) is 21.9 Å². The highest BCUT2D eigenvalue weighted by Gasteiger charge is 2.38. The average Bonchev–Trinajstić information content (AvgIpc) is 2.93. The van der Waals surface area contributed by atoms with Crippen molar-refractivity contribution in [1.82, 2.24) is 19.9 Å². The van der Waals surface area contributed by atoms with E-state index in [-0.39, 0.29) is 17.3 Å². The van der Waals surface area contributed by atoms with Crippen LogP contribution < -0.4 is 4.90 Å². The van der Waals surface area contributed by atoms with E-state index in [0.29, 0.717) is 48.4 Å². The molecule has 7 nitrogen and oxygen atoms in total. The highest BCUT2D eigenvalue weighted by molar-refractivity contribution is 7.78. The van der Waals surface area contributed by atoms with Crippen LogP contribution in [0.2, 0.25) is 0 Å². The molecule has 1 saturated heterocycles. The minimum atomic E-state index is -4.75. The molecule has 0 radical (unpaired) electrons. The first-order valence-electron chi connectivity index (χ1n) is 12.3. The zero-order chi connectivity index (χ0) is 27.4. The summed E-state index contributed by atoms with van der Waals surface area (Å²) in [7, 11) is 0. The fourth-order valence-corrected chi connectivity index (χ4v) is 5.11. The molecule has 4 aromatic rings. The third-order valence-corrected chi connectivity index (χ3v) is 7.11. The van der Waals surface area contributed by atoms with E-state index in [0.717, 1.165) is 12.1 Å². The SMILES string of the molecule is O=S([O-])Cc1ccc(-c2nc(C(F)(F)F)nc(N3CCN(Cc4ccncc4)CC3)c2-c2ccccc2)cc1. The number of halogens is 3. The van der Waals surface area contributed by atoms with Gasteiger partial charge in [-0.2, -0.15) is 13.2 Å². The van der Waals surface area contributed by atoms with Crippen LogP contribution in [0, 0.1) is 0 Å². The van der Waals surface area contributed by atoms with Gasteiger partial charge in [0.2, 0.25) is 5.82 Å². The van der Waals surface area contributed by atoms with Crippen LogP contribution in [-0.4, -0.2) is 54.8 Å². The zero-order valence-electron chi connectivity index (χ0n) is 20.8. The summed E-state index contributed by atoms with van der Waals surface area (Å²) in [5.41, 5.74) is 3.44. The van der Waals surface area contributed by atoms with Gasteiger partial charge in [0.25, 0.3) is 0 Å². The van der Waals surface area contributed by atoms with Crippen molar-refractivity contribution in [1.29, 1.82) is 0 Å². The number of anilines is 1. The Morgan fingerprint density at radius 2 is 1.49 bits per heavy atom. The van der Waals surface area contributed by atoms with Gasteiger partial charge in [0.15, 0.2) is 0 Å². The Kier molecular flexibility index (Phi) is 8.01. The number of hydrogen-bond acceptors (Lipinski definition) is 7. The van der Waals surface area contributed by atoms with Crippen LogP contribution in [0.5, 0.6) is 0 Å². The summed E-state index contributed by atoms with van der Waals surface area (Å²) in [6.45, 7) is 3.02. The third-order valence-electron chi connectivity index (χ3n) is 6.55. The predicted octanol–water partition coefficient (Wildman–Crippen LogP) is 4.93. The predicted molar refractivity (Wildman–Crippen MR) is 142 cm³/mol. The third kappa shape index (κ3) is 6.49. The lowest BCUT2D eigenvalue weighted by atomic mass is 9.98. The molecule has 0 saturated carbocycles. The summed E-state index contributed by atoms with van der Waals surface area (Å²) < 4.78 is 64.4. The number of nitrogens with zero attached hydrogens (tertiary/aromatic N) is 5. The molecule has 1 aliphatic heterocycles. The quantitative estimate of drug-likeness (QED) is 0.301. The Morgan fingerprint density at radius 1 is 0.821 bits per heavy atom. The molecule has 3 heterocycles. The molecule has 1 atom stereocenters. The molecule has 0 amide bonds. The standard InChI is InChI=1S/C28H26F3N5O2S/c29-28(30,31)27-33-25(23-8-6-21(7-9-23)19-39(37)38)24(22-4-2-1-3-5-22)26(34-27)36-16-14-35(15-17-36)18-20-10-12-32-13-11-20/h1-13H,14-19H2,(H,37,38)/p-1. The molecule has 0 spiro atoms.